The van der Waals surface area contributed by atoms with E-state index in [1.165, 1.54) is 10.6 Å². The number of rotatable bonds is 10. The third kappa shape index (κ3) is 6.73. The summed E-state index contributed by atoms with van der Waals surface area (Å²) in [5.74, 6) is 1.06. The van der Waals surface area contributed by atoms with Crippen LogP contribution in [-0.4, -0.2) is 34.2 Å². The monoisotopic (exact) mass is 460 g/mol. The van der Waals surface area contributed by atoms with Gasteiger partial charge in [-0.3, -0.25) is 9.10 Å². The lowest BCUT2D eigenvalue weighted by molar-refractivity contribution is -0.121. The Kier molecular flexibility index (Phi) is 8.73. The lowest BCUT2D eigenvalue weighted by Gasteiger charge is -2.23. The molecule has 0 radical (unpaired) electrons. The van der Waals surface area contributed by atoms with E-state index < -0.39 is 10.0 Å². The van der Waals surface area contributed by atoms with Gasteiger partial charge in [0.05, 0.1) is 25.1 Å². The zero-order chi connectivity index (χ0) is 24.1. The molecule has 2 rings (SSSR count). The van der Waals surface area contributed by atoms with Crippen LogP contribution in [0.2, 0.25) is 0 Å². The lowest BCUT2D eigenvalue weighted by Crippen LogP contribution is -2.32. The minimum atomic E-state index is -3.43. The third-order valence-corrected chi connectivity index (χ3v) is 6.73. The summed E-state index contributed by atoms with van der Waals surface area (Å²) in [6, 6.07) is 11.3. The number of anilines is 1. The van der Waals surface area contributed by atoms with E-state index in [1.807, 2.05) is 45.0 Å². The summed E-state index contributed by atoms with van der Waals surface area (Å²) in [6.45, 7) is 10.4. The Morgan fingerprint density at radius 2 is 1.78 bits per heavy atom. The zero-order valence-electron chi connectivity index (χ0n) is 20.2. The van der Waals surface area contributed by atoms with E-state index in [9.17, 15) is 13.2 Å². The van der Waals surface area contributed by atoms with Crippen LogP contribution in [0.25, 0.3) is 0 Å². The van der Waals surface area contributed by atoms with Crippen molar-refractivity contribution in [3.8, 4) is 5.75 Å². The highest BCUT2D eigenvalue weighted by Gasteiger charge is 2.19. The fourth-order valence-corrected chi connectivity index (χ4v) is 4.81. The summed E-state index contributed by atoms with van der Waals surface area (Å²) in [7, 11) is -1.77. The highest BCUT2D eigenvalue weighted by atomic mass is 32.2. The molecule has 32 heavy (non-hydrogen) atoms. The van der Waals surface area contributed by atoms with Crippen molar-refractivity contribution in [3.05, 3.63) is 58.7 Å². The second-order valence-corrected chi connectivity index (χ2v) is 10.6. The van der Waals surface area contributed by atoms with Gasteiger partial charge >= 0.3 is 0 Å². The molecule has 0 aliphatic rings. The minimum Gasteiger partial charge on any atom is -0.496 e. The first kappa shape index (κ1) is 25.7. The second kappa shape index (κ2) is 10.9. The van der Waals surface area contributed by atoms with Crippen LogP contribution >= 0.6 is 0 Å². The van der Waals surface area contributed by atoms with E-state index in [4.69, 9.17) is 4.74 Å². The number of hydrogen-bond acceptors (Lipinski definition) is 4. The highest BCUT2D eigenvalue weighted by molar-refractivity contribution is 7.92. The molecule has 0 heterocycles. The van der Waals surface area contributed by atoms with Crippen molar-refractivity contribution < 1.29 is 17.9 Å². The summed E-state index contributed by atoms with van der Waals surface area (Å²) in [5.41, 5.74) is 4.83. The summed E-state index contributed by atoms with van der Waals surface area (Å²) in [4.78, 5) is 12.6. The first-order valence-corrected chi connectivity index (χ1v) is 12.8. The van der Waals surface area contributed by atoms with E-state index in [0.29, 0.717) is 18.0 Å². The van der Waals surface area contributed by atoms with Crippen molar-refractivity contribution in [2.75, 3.05) is 24.2 Å². The van der Waals surface area contributed by atoms with E-state index in [0.717, 1.165) is 28.0 Å². The largest absolute Gasteiger partial charge is 0.496 e. The molecule has 1 atom stereocenters. The van der Waals surface area contributed by atoms with E-state index in [-0.39, 0.29) is 24.9 Å². The van der Waals surface area contributed by atoms with Gasteiger partial charge in [-0.1, -0.05) is 26.0 Å². The number of nitrogens with zero attached hydrogens (tertiary/aromatic N) is 1. The predicted molar refractivity (Wildman–Crippen MR) is 131 cm³/mol. The van der Waals surface area contributed by atoms with Crippen LogP contribution in [0.1, 0.15) is 67.8 Å². The van der Waals surface area contributed by atoms with Crippen molar-refractivity contribution in [3.63, 3.8) is 0 Å². The molecule has 0 spiro atoms. The Bertz CT molecular complexity index is 1050. The average molecular weight is 461 g/mol. The van der Waals surface area contributed by atoms with Crippen LogP contribution in [0.3, 0.4) is 0 Å². The molecule has 0 aliphatic carbocycles. The molecular formula is C25H36N2O4S. The van der Waals surface area contributed by atoms with E-state index in [2.05, 4.69) is 25.2 Å². The van der Waals surface area contributed by atoms with Crippen molar-refractivity contribution >= 4 is 21.6 Å². The molecule has 1 unspecified atom stereocenters. The van der Waals surface area contributed by atoms with Crippen LogP contribution in [0.4, 0.5) is 5.69 Å². The Morgan fingerprint density at radius 1 is 1.09 bits per heavy atom. The van der Waals surface area contributed by atoms with Gasteiger partial charge in [0.25, 0.3) is 0 Å². The fourth-order valence-electron chi connectivity index (χ4n) is 3.85. The number of sulfonamides is 1. The van der Waals surface area contributed by atoms with Crippen LogP contribution in [0, 0.1) is 13.8 Å². The molecular weight excluding hydrogens is 424 g/mol. The SMILES string of the molecule is COc1cc(C)c(C(C)NC(=O)CCCN(c2cccc(C)c2)S(C)(=O)=O)cc1C(C)C. The van der Waals surface area contributed by atoms with E-state index in [1.54, 1.807) is 13.2 Å². The van der Waals surface area contributed by atoms with Crippen molar-refractivity contribution in [1.29, 1.82) is 0 Å². The smallest absolute Gasteiger partial charge is 0.232 e. The highest BCUT2D eigenvalue weighted by Crippen LogP contribution is 2.32. The summed E-state index contributed by atoms with van der Waals surface area (Å²) >= 11 is 0. The first-order valence-electron chi connectivity index (χ1n) is 11.0. The Labute approximate surface area is 193 Å². The molecule has 176 valence electrons. The third-order valence-electron chi connectivity index (χ3n) is 5.54. The van der Waals surface area contributed by atoms with Crippen LogP contribution in [-0.2, 0) is 14.8 Å². The van der Waals surface area contributed by atoms with Crippen LogP contribution < -0.4 is 14.4 Å². The number of hydrogen-bond donors (Lipinski definition) is 1. The normalized spacial score (nSPS) is 12.5. The van der Waals surface area contributed by atoms with Gasteiger partial charge in [-0.2, -0.15) is 0 Å². The quantitative estimate of drug-likeness (QED) is 0.549. The number of aryl methyl sites for hydroxylation is 2. The average Bonchev–Trinajstić information content (AvgIpc) is 2.69. The lowest BCUT2D eigenvalue weighted by atomic mass is 9.93. The number of ether oxygens (including phenoxy) is 1. The van der Waals surface area contributed by atoms with Gasteiger partial charge in [-0.25, -0.2) is 8.42 Å². The maximum Gasteiger partial charge on any atom is 0.232 e. The fraction of sp³-hybridized carbons (Fsp3) is 0.480. The van der Waals surface area contributed by atoms with Crippen molar-refractivity contribution in [1.82, 2.24) is 5.32 Å². The molecule has 2 aromatic rings. The molecule has 0 fully saturated rings. The molecule has 0 aliphatic heterocycles. The Hall–Kier alpha value is -2.54. The summed E-state index contributed by atoms with van der Waals surface area (Å²) in [5, 5.41) is 3.05. The maximum atomic E-state index is 12.6. The number of carbonyl (C=O) groups excluding carboxylic acids is 1. The van der Waals surface area contributed by atoms with Gasteiger partial charge < -0.3 is 10.1 Å². The van der Waals surface area contributed by atoms with Gasteiger partial charge in [0.1, 0.15) is 5.75 Å². The standard InChI is InChI=1S/C25H36N2O4S/c1-17(2)22-16-23(19(4)15-24(22)31-6)20(5)26-25(28)12-9-13-27(32(7,29)30)21-11-8-10-18(3)14-21/h8,10-11,14-17,20H,9,12-13H2,1-7H3,(H,26,28). The second-order valence-electron chi connectivity index (χ2n) is 8.67. The zero-order valence-corrected chi connectivity index (χ0v) is 21.0. The number of amides is 1. The van der Waals surface area contributed by atoms with Gasteiger partial charge in [0, 0.05) is 13.0 Å². The molecule has 0 saturated carbocycles. The summed E-state index contributed by atoms with van der Waals surface area (Å²) < 4.78 is 31.4. The van der Waals surface area contributed by atoms with Gasteiger partial charge in [-0.15, -0.1) is 0 Å². The number of benzene rings is 2. The van der Waals surface area contributed by atoms with Crippen molar-refractivity contribution in [2.45, 2.75) is 59.4 Å². The topological polar surface area (TPSA) is 75.7 Å². The van der Waals surface area contributed by atoms with Gasteiger partial charge in [-0.05, 0) is 79.6 Å². The Morgan fingerprint density at radius 3 is 2.34 bits per heavy atom. The van der Waals surface area contributed by atoms with Crippen LogP contribution in [0.5, 0.6) is 5.75 Å². The number of methoxy groups -OCH3 is 1. The molecule has 6 nitrogen and oxygen atoms in total. The Balaban J connectivity index is 2.04. The minimum absolute atomic E-state index is 0.100. The predicted octanol–water partition coefficient (Wildman–Crippen LogP) is 4.86. The number of carbonyl (C=O) groups is 1. The molecule has 1 amide bonds. The van der Waals surface area contributed by atoms with Gasteiger partial charge in [0.2, 0.25) is 15.9 Å². The molecule has 0 bridgehead atoms. The first-order chi connectivity index (χ1) is 14.9. The molecule has 7 heteroatoms. The molecule has 0 saturated heterocycles. The van der Waals surface area contributed by atoms with E-state index >= 15 is 0 Å². The van der Waals surface area contributed by atoms with Crippen molar-refractivity contribution in [2.24, 2.45) is 0 Å². The maximum absolute atomic E-state index is 12.6. The molecule has 1 N–H and O–H groups in total. The number of nitrogens with one attached hydrogen (secondary N) is 1. The summed E-state index contributed by atoms with van der Waals surface area (Å²) in [6.07, 6.45) is 1.86. The van der Waals surface area contributed by atoms with Crippen LogP contribution in [0.15, 0.2) is 36.4 Å². The molecule has 0 aromatic heterocycles. The van der Waals surface area contributed by atoms with Gasteiger partial charge in [0.15, 0.2) is 0 Å². The molecule has 2 aromatic carbocycles.